The van der Waals surface area contributed by atoms with Gasteiger partial charge in [-0.25, -0.2) is 0 Å². The molecule has 116 valence electrons. The number of carbonyl (C=O) groups excluding carboxylic acids is 1. The lowest BCUT2D eigenvalue weighted by Crippen LogP contribution is -2.27. The number of para-hydroxylation sites is 1. The van der Waals surface area contributed by atoms with E-state index in [0.717, 1.165) is 11.3 Å². The molecular weight excluding hydrogens is 302 g/mol. The minimum absolute atomic E-state index is 0.215. The van der Waals surface area contributed by atoms with E-state index in [-0.39, 0.29) is 11.9 Å². The molecule has 0 aliphatic heterocycles. The van der Waals surface area contributed by atoms with Gasteiger partial charge in [-0.1, -0.05) is 29.8 Å². The lowest BCUT2D eigenvalue weighted by molar-refractivity contribution is 0.0936. The summed E-state index contributed by atoms with van der Waals surface area (Å²) in [4.78, 5) is 12.5. The highest BCUT2D eigenvalue weighted by molar-refractivity contribution is 6.31. The number of methoxy groups -OCH3 is 2. The standard InChI is InChI=1S/C17H18ClNO3/c1-11(13-6-4-5-7-15(13)21-2)19-17(20)14-10-12(18)8-9-16(14)22-3/h4-11H,1-3H3,(H,19,20)/t11-/m0/s1. The normalized spacial score (nSPS) is 11.6. The molecule has 0 spiro atoms. The summed E-state index contributed by atoms with van der Waals surface area (Å²) in [6.45, 7) is 1.90. The molecule has 0 unspecified atom stereocenters. The van der Waals surface area contributed by atoms with Crippen LogP contribution >= 0.6 is 11.6 Å². The largest absolute Gasteiger partial charge is 0.496 e. The van der Waals surface area contributed by atoms with E-state index in [0.29, 0.717) is 16.3 Å². The van der Waals surface area contributed by atoms with Crippen LogP contribution in [0.4, 0.5) is 0 Å². The monoisotopic (exact) mass is 319 g/mol. The molecule has 2 rings (SSSR count). The zero-order chi connectivity index (χ0) is 16.1. The van der Waals surface area contributed by atoms with Crippen LogP contribution in [-0.4, -0.2) is 20.1 Å². The van der Waals surface area contributed by atoms with E-state index in [2.05, 4.69) is 5.32 Å². The highest BCUT2D eigenvalue weighted by Crippen LogP contribution is 2.26. The third-order valence-corrected chi connectivity index (χ3v) is 3.59. The number of hydrogen-bond acceptors (Lipinski definition) is 3. The summed E-state index contributed by atoms with van der Waals surface area (Å²) in [5.41, 5.74) is 1.30. The molecule has 1 amide bonds. The molecule has 2 aromatic carbocycles. The number of amides is 1. The predicted octanol–water partition coefficient (Wildman–Crippen LogP) is 3.85. The maximum atomic E-state index is 12.5. The van der Waals surface area contributed by atoms with Crippen molar-refractivity contribution in [1.29, 1.82) is 0 Å². The first-order valence-electron chi connectivity index (χ1n) is 6.84. The van der Waals surface area contributed by atoms with E-state index in [1.165, 1.54) is 7.11 Å². The quantitative estimate of drug-likeness (QED) is 0.910. The smallest absolute Gasteiger partial charge is 0.255 e. The molecule has 0 bridgehead atoms. The van der Waals surface area contributed by atoms with Gasteiger partial charge in [-0.05, 0) is 31.2 Å². The number of halogens is 1. The van der Waals surface area contributed by atoms with Gasteiger partial charge in [-0.2, -0.15) is 0 Å². The number of ether oxygens (including phenoxy) is 2. The Kier molecular flexibility index (Phi) is 5.28. The Hall–Kier alpha value is -2.20. The van der Waals surface area contributed by atoms with Crippen LogP contribution in [0.5, 0.6) is 11.5 Å². The van der Waals surface area contributed by atoms with Gasteiger partial charge < -0.3 is 14.8 Å². The minimum Gasteiger partial charge on any atom is -0.496 e. The summed E-state index contributed by atoms with van der Waals surface area (Å²) in [5.74, 6) is 0.959. The van der Waals surface area contributed by atoms with E-state index in [9.17, 15) is 4.79 Å². The van der Waals surface area contributed by atoms with E-state index < -0.39 is 0 Å². The fourth-order valence-corrected chi connectivity index (χ4v) is 2.41. The number of carbonyl (C=O) groups is 1. The Balaban J connectivity index is 2.23. The third-order valence-electron chi connectivity index (χ3n) is 3.36. The molecule has 0 heterocycles. The zero-order valence-electron chi connectivity index (χ0n) is 12.7. The van der Waals surface area contributed by atoms with Crippen molar-refractivity contribution in [2.75, 3.05) is 14.2 Å². The van der Waals surface area contributed by atoms with Crippen molar-refractivity contribution in [3.8, 4) is 11.5 Å². The number of hydrogen-bond donors (Lipinski definition) is 1. The molecule has 1 N–H and O–H groups in total. The van der Waals surface area contributed by atoms with E-state index >= 15 is 0 Å². The minimum atomic E-state index is -0.252. The lowest BCUT2D eigenvalue weighted by atomic mass is 10.1. The maximum Gasteiger partial charge on any atom is 0.255 e. The van der Waals surface area contributed by atoms with Crippen molar-refractivity contribution in [2.24, 2.45) is 0 Å². The van der Waals surface area contributed by atoms with Crippen molar-refractivity contribution in [3.63, 3.8) is 0 Å². The van der Waals surface area contributed by atoms with Gasteiger partial charge in [0.1, 0.15) is 11.5 Å². The molecule has 2 aromatic rings. The lowest BCUT2D eigenvalue weighted by Gasteiger charge is -2.18. The van der Waals surface area contributed by atoms with Gasteiger partial charge in [0.25, 0.3) is 5.91 Å². The number of benzene rings is 2. The van der Waals surface area contributed by atoms with Gasteiger partial charge in [0.05, 0.1) is 25.8 Å². The van der Waals surface area contributed by atoms with Crippen molar-refractivity contribution in [1.82, 2.24) is 5.32 Å². The SMILES string of the molecule is COc1ccc(Cl)cc1C(=O)N[C@@H](C)c1ccccc1OC. The molecular formula is C17H18ClNO3. The Bertz CT molecular complexity index is 673. The second-order valence-corrected chi connectivity index (χ2v) is 5.22. The van der Waals surface area contributed by atoms with Gasteiger partial charge in [0.15, 0.2) is 0 Å². The summed E-state index contributed by atoms with van der Waals surface area (Å²) >= 11 is 5.96. The van der Waals surface area contributed by atoms with Crippen LogP contribution in [0.2, 0.25) is 5.02 Å². The van der Waals surface area contributed by atoms with Gasteiger partial charge in [0.2, 0.25) is 0 Å². The first-order valence-corrected chi connectivity index (χ1v) is 7.22. The summed E-state index contributed by atoms with van der Waals surface area (Å²) < 4.78 is 10.5. The Labute approximate surface area is 135 Å². The molecule has 5 heteroatoms. The second kappa shape index (κ2) is 7.18. The fourth-order valence-electron chi connectivity index (χ4n) is 2.23. The van der Waals surface area contributed by atoms with Crippen LogP contribution in [0, 0.1) is 0 Å². The molecule has 0 saturated carbocycles. The summed E-state index contributed by atoms with van der Waals surface area (Å²) in [5, 5.41) is 3.41. The van der Waals surface area contributed by atoms with Crippen LogP contribution < -0.4 is 14.8 Å². The van der Waals surface area contributed by atoms with E-state index in [4.69, 9.17) is 21.1 Å². The zero-order valence-corrected chi connectivity index (χ0v) is 13.5. The van der Waals surface area contributed by atoms with Crippen LogP contribution in [0.15, 0.2) is 42.5 Å². The van der Waals surface area contributed by atoms with Gasteiger partial charge in [-0.15, -0.1) is 0 Å². The van der Waals surface area contributed by atoms with E-state index in [1.807, 2.05) is 31.2 Å². The fraction of sp³-hybridized carbons (Fsp3) is 0.235. The topological polar surface area (TPSA) is 47.6 Å². The first-order chi connectivity index (χ1) is 10.6. The second-order valence-electron chi connectivity index (χ2n) is 4.78. The van der Waals surface area contributed by atoms with Crippen molar-refractivity contribution < 1.29 is 14.3 Å². The third kappa shape index (κ3) is 3.52. The average molecular weight is 320 g/mol. The molecule has 0 aliphatic rings. The van der Waals surface area contributed by atoms with Gasteiger partial charge in [0, 0.05) is 10.6 Å². The number of nitrogens with one attached hydrogen (secondary N) is 1. The molecule has 0 saturated heterocycles. The summed E-state index contributed by atoms with van der Waals surface area (Å²) in [6.07, 6.45) is 0. The highest BCUT2D eigenvalue weighted by atomic mass is 35.5. The van der Waals surface area contributed by atoms with E-state index in [1.54, 1.807) is 25.3 Å². The first kappa shape index (κ1) is 16.2. The Morgan fingerprint density at radius 3 is 2.45 bits per heavy atom. The average Bonchev–Trinajstić information content (AvgIpc) is 2.54. The molecule has 0 aromatic heterocycles. The molecule has 0 aliphatic carbocycles. The molecule has 4 nitrogen and oxygen atoms in total. The summed E-state index contributed by atoms with van der Waals surface area (Å²) in [7, 11) is 3.12. The van der Waals surface area contributed by atoms with Crippen LogP contribution in [0.3, 0.4) is 0 Å². The van der Waals surface area contributed by atoms with Crippen LogP contribution in [0.1, 0.15) is 28.9 Å². The van der Waals surface area contributed by atoms with Gasteiger partial charge in [-0.3, -0.25) is 4.79 Å². The predicted molar refractivity (Wildman–Crippen MR) is 86.9 cm³/mol. The van der Waals surface area contributed by atoms with Crippen molar-refractivity contribution in [3.05, 3.63) is 58.6 Å². The van der Waals surface area contributed by atoms with Gasteiger partial charge >= 0.3 is 0 Å². The summed E-state index contributed by atoms with van der Waals surface area (Å²) in [6, 6.07) is 12.3. The molecule has 0 fully saturated rings. The molecule has 0 radical (unpaired) electrons. The van der Waals surface area contributed by atoms with Crippen molar-refractivity contribution in [2.45, 2.75) is 13.0 Å². The number of rotatable bonds is 5. The van der Waals surface area contributed by atoms with Crippen LogP contribution in [-0.2, 0) is 0 Å². The van der Waals surface area contributed by atoms with Crippen LogP contribution in [0.25, 0.3) is 0 Å². The molecule has 22 heavy (non-hydrogen) atoms. The highest BCUT2D eigenvalue weighted by Gasteiger charge is 2.18. The van der Waals surface area contributed by atoms with Crippen molar-refractivity contribution >= 4 is 17.5 Å². The Morgan fingerprint density at radius 1 is 1.09 bits per heavy atom. The molecule has 1 atom stereocenters. The maximum absolute atomic E-state index is 12.5. The Morgan fingerprint density at radius 2 is 1.77 bits per heavy atom.